The summed E-state index contributed by atoms with van der Waals surface area (Å²) in [6.45, 7) is 1.15. The molecular weight excluding hydrogens is 376 g/mol. The smallest absolute Gasteiger partial charge is 0.243 e. The molecule has 156 valence electrons. The Hall–Kier alpha value is -1.60. The first-order valence-electron chi connectivity index (χ1n) is 10.5. The normalized spacial score (nSPS) is 19.3. The molecule has 28 heavy (non-hydrogen) atoms. The van der Waals surface area contributed by atoms with Gasteiger partial charge in [-0.3, -0.25) is 4.79 Å². The highest BCUT2D eigenvalue weighted by atomic mass is 32.2. The van der Waals surface area contributed by atoms with Gasteiger partial charge >= 0.3 is 0 Å². The number of sulfonamides is 1. The van der Waals surface area contributed by atoms with Gasteiger partial charge in [0.15, 0.2) is 0 Å². The van der Waals surface area contributed by atoms with E-state index in [1.807, 2.05) is 0 Å². The van der Waals surface area contributed by atoms with Crippen LogP contribution in [-0.2, 0) is 21.2 Å². The molecule has 0 aromatic heterocycles. The molecule has 0 bridgehead atoms. The van der Waals surface area contributed by atoms with Crippen LogP contribution in [0.4, 0.5) is 0 Å². The lowest BCUT2D eigenvalue weighted by Gasteiger charge is -2.18. The number of rotatable bonds is 7. The molecule has 3 rings (SSSR count). The number of carbonyl (C=O) groups is 1. The molecule has 0 spiro atoms. The SMILES string of the molecule is COc1ccc(S(=O)(=O)N2CCCC2)cc1CCC(=O)NC1CCCCCC1. The number of nitrogens with zero attached hydrogens (tertiary/aromatic N) is 1. The predicted molar refractivity (Wildman–Crippen MR) is 109 cm³/mol. The fraction of sp³-hybridized carbons (Fsp3) is 0.667. The first kappa shape index (κ1) is 21.1. The van der Waals surface area contributed by atoms with Crippen molar-refractivity contribution in [2.45, 2.75) is 75.1 Å². The van der Waals surface area contributed by atoms with Crippen molar-refractivity contribution in [2.24, 2.45) is 0 Å². The molecular formula is C21H32N2O4S. The summed E-state index contributed by atoms with van der Waals surface area (Å²) in [6, 6.07) is 5.24. The van der Waals surface area contributed by atoms with Crippen LogP contribution >= 0.6 is 0 Å². The molecule has 1 aromatic rings. The maximum Gasteiger partial charge on any atom is 0.243 e. The van der Waals surface area contributed by atoms with E-state index in [2.05, 4.69) is 5.32 Å². The summed E-state index contributed by atoms with van der Waals surface area (Å²) in [5, 5.41) is 3.15. The van der Waals surface area contributed by atoms with Crippen LogP contribution in [-0.4, -0.2) is 44.9 Å². The Labute approximate surface area is 168 Å². The van der Waals surface area contributed by atoms with Gasteiger partial charge in [0.1, 0.15) is 5.75 Å². The molecule has 0 unspecified atom stereocenters. The molecule has 1 amide bonds. The summed E-state index contributed by atoms with van der Waals surface area (Å²) in [4.78, 5) is 12.7. The summed E-state index contributed by atoms with van der Waals surface area (Å²) in [5.41, 5.74) is 0.763. The van der Waals surface area contributed by atoms with Crippen molar-refractivity contribution < 1.29 is 17.9 Å². The third-order valence-corrected chi connectivity index (χ3v) is 7.69. The lowest BCUT2D eigenvalue weighted by Crippen LogP contribution is -2.34. The van der Waals surface area contributed by atoms with Gasteiger partial charge in [0, 0.05) is 25.6 Å². The minimum Gasteiger partial charge on any atom is -0.496 e. The largest absolute Gasteiger partial charge is 0.496 e. The summed E-state index contributed by atoms with van der Waals surface area (Å²) in [7, 11) is -1.91. The van der Waals surface area contributed by atoms with Crippen LogP contribution in [0.3, 0.4) is 0 Å². The molecule has 1 heterocycles. The zero-order valence-corrected chi connectivity index (χ0v) is 17.6. The van der Waals surface area contributed by atoms with E-state index in [1.165, 1.54) is 30.0 Å². The first-order chi connectivity index (χ1) is 13.5. The van der Waals surface area contributed by atoms with Gasteiger partial charge in [0.05, 0.1) is 12.0 Å². The lowest BCUT2D eigenvalue weighted by molar-refractivity contribution is -0.121. The highest BCUT2D eigenvalue weighted by Gasteiger charge is 2.28. The third kappa shape index (κ3) is 5.26. The molecule has 1 N–H and O–H groups in total. The van der Waals surface area contributed by atoms with Gasteiger partial charge in [-0.2, -0.15) is 4.31 Å². The van der Waals surface area contributed by atoms with E-state index in [9.17, 15) is 13.2 Å². The zero-order chi connectivity index (χ0) is 20.0. The van der Waals surface area contributed by atoms with Crippen LogP contribution in [0.15, 0.2) is 23.1 Å². The maximum absolute atomic E-state index is 12.8. The quantitative estimate of drug-likeness (QED) is 0.703. The van der Waals surface area contributed by atoms with Gasteiger partial charge in [-0.1, -0.05) is 25.7 Å². The predicted octanol–water partition coefficient (Wildman–Crippen LogP) is 3.25. The number of aryl methyl sites for hydroxylation is 1. The number of methoxy groups -OCH3 is 1. The molecule has 2 fully saturated rings. The molecule has 7 heteroatoms. The van der Waals surface area contributed by atoms with Crippen LogP contribution in [0, 0.1) is 0 Å². The first-order valence-corrected chi connectivity index (χ1v) is 11.9. The van der Waals surface area contributed by atoms with Crippen LogP contribution in [0.5, 0.6) is 5.75 Å². The van der Waals surface area contributed by atoms with Gasteiger partial charge in [-0.25, -0.2) is 8.42 Å². The molecule has 1 aliphatic heterocycles. The number of nitrogens with one attached hydrogen (secondary N) is 1. The Morgan fingerprint density at radius 2 is 1.79 bits per heavy atom. The number of ether oxygens (including phenoxy) is 1. The van der Waals surface area contributed by atoms with E-state index < -0.39 is 10.0 Å². The molecule has 1 aromatic carbocycles. The van der Waals surface area contributed by atoms with Gasteiger partial charge in [-0.15, -0.1) is 0 Å². The van der Waals surface area contributed by atoms with E-state index >= 15 is 0 Å². The zero-order valence-electron chi connectivity index (χ0n) is 16.8. The van der Waals surface area contributed by atoms with Crippen LogP contribution in [0.1, 0.15) is 63.4 Å². The van der Waals surface area contributed by atoms with Gasteiger partial charge in [0.2, 0.25) is 15.9 Å². The summed E-state index contributed by atoms with van der Waals surface area (Å²) >= 11 is 0. The van der Waals surface area contributed by atoms with E-state index in [0.717, 1.165) is 31.2 Å². The number of hydrogen-bond acceptors (Lipinski definition) is 4. The van der Waals surface area contributed by atoms with E-state index in [1.54, 1.807) is 25.3 Å². The summed E-state index contributed by atoms with van der Waals surface area (Å²) < 4.78 is 32.6. The van der Waals surface area contributed by atoms with Crippen LogP contribution < -0.4 is 10.1 Å². The Balaban J connectivity index is 1.65. The van der Waals surface area contributed by atoms with E-state index in [0.29, 0.717) is 31.7 Å². The van der Waals surface area contributed by atoms with E-state index in [4.69, 9.17) is 4.74 Å². The van der Waals surface area contributed by atoms with Gasteiger partial charge in [0.25, 0.3) is 0 Å². The molecule has 0 radical (unpaired) electrons. The fourth-order valence-corrected chi connectivity index (χ4v) is 5.73. The molecule has 1 aliphatic carbocycles. The minimum atomic E-state index is -3.47. The summed E-state index contributed by atoms with van der Waals surface area (Å²) in [5.74, 6) is 0.657. The highest BCUT2D eigenvalue weighted by molar-refractivity contribution is 7.89. The number of amides is 1. The standard InChI is InChI=1S/C21H32N2O4S/c1-27-20-12-11-19(28(25,26)23-14-6-7-15-23)16-17(20)10-13-21(24)22-18-8-4-2-3-5-9-18/h11-12,16,18H,2-10,13-15H2,1H3,(H,22,24). The second-order valence-electron chi connectivity index (χ2n) is 7.84. The molecule has 6 nitrogen and oxygen atoms in total. The summed E-state index contributed by atoms with van der Waals surface area (Å²) in [6.07, 6.45) is 9.57. The average Bonchev–Trinajstić information content (AvgIpc) is 3.13. The monoisotopic (exact) mass is 408 g/mol. The van der Waals surface area contributed by atoms with Crippen LogP contribution in [0.25, 0.3) is 0 Å². The van der Waals surface area contributed by atoms with Crippen LogP contribution in [0.2, 0.25) is 0 Å². The minimum absolute atomic E-state index is 0.0294. The van der Waals surface area contributed by atoms with Crippen molar-refractivity contribution >= 4 is 15.9 Å². The fourth-order valence-electron chi connectivity index (χ4n) is 4.16. The second kappa shape index (κ2) is 9.74. The molecule has 1 saturated heterocycles. The topological polar surface area (TPSA) is 75.7 Å². The second-order valence-corrected chi connectivity index (χ2v) is 9.78. The molecule has 2 aliphatic rings. The Bertz CT molecular complexity index is 765. The number of carbonyl (C=O) groups excluding carboxylic acids is 1. The average molecular weight is 409 g/mol. The van der Waals surface area contributed by atoms with Crippen molar-refractivity contribution in [1.29, 1.82) is 0 Å². The van der Waals surface area contributed by atoms with Crippen molar-refractivity contribution in [1.82, 2.24) is 9.62 Å². The van der Waals surface area contributed by atoms with Crippen molar-refractivity contribution in [3.63, 3.8) is 0 Å². The van der Waals surface area contributed by atoms with Crippen molar-refractivity contribution in [3.8, 4) is 5.75 Å². The van der Waals surface area contributed by atoms with E-state index in [-0.39, 0.29) is 16.8 Å². The Morgan fingerprint density at radius 1 is 1.11 bits per heavy atom. The number of benzene rings is 1. The number of hydrogen-bond donors (Lipinski definition) is 1. The highest BCUT2D eigenvalue weighted by Crippen LogP contribution is 2.27. The van der Waals surface area contributed by atoms with Gasteiger partial charge in [-0.05, 0) is 55.9 Å². The van der Waals surface area contributed by atoms with Gasteiger partial charge < -0.3 is 10.1 Å². The maximum atomic E-state index is 12.8. The Morgan fingerprint density at radius 3 is 2.43 bits per heavy atom. The molecule has 0 atom stereocenters. The molecule has 1 saturated carbocycles. The van der Waals surface area contributed by atoms with Crippen molar-refractivity contribution in [2.75, 3.05) is 20.2 Å². The third-order valence-electron chi connectivity index (χ3n) is 5.80. The lowest BCUT2D eigenvalue weighted by atomic mass is 10.1. The van der Waals surface area contributed by atoms with Crippen molar-refractivity contribution in [3.05, 3.63) is 23.8 Å². The Kier molecular flexibility index (Phi) is 7.35.